The topological polar surface area (TPSA) is 81.2 Å². The molecule has 154 valence electrons. The predicted molar refractivity (Wildman–Crippen MR) is 119 cm³/mol. The molecular weight excluding hydrogens is 372 g/mol. The molecule has 1 aliphatic rings. The van der Waals surface area contributed by atoms with Gasteiger partial charge in [0.2, 0.25) is 5.91 Å². The van der Waals surface area contributed by atoms with Gasteiger partial charge in [-0.25, -0.2) is 0 Å². The fraction of sp³-hybridized carbons (Fsp3) is 0.391. The van der Waals surface area contributed by atoms with Crippen molar-refractivity contribution < 1.29 is 9.59 Å². The molecule has 0 spiro atoms. The lowest BCUT2D eigenvalue weighted by Gasteiger charge is -2.35. The normalized spacial score (nSPS) is 20.8. The van der Waals surface area contributed by atoms with E-state index in [1.807, 2.05) is 44.2 Å². The molecule has 4 N–H and O–H groups in total. The fourth-order valence-electron chi connectivity index (χ4n) is 3.73. The minimum absolute atomic E-state index is 0. The van der Waals surface area contributed by atoms with Gasteiger partial charge in [-0.2, -0.15) is 0 Å². The smallest absolute Gasteiger partial charge is 0.220 e. The summed E-state index contributed by atoms with van der Waals surface area (Å²) in [6, 6.07) is 18.2. The average molecular weight is 405 g/mol. The van der Waals surface area contributed by atoms with Crippen molar-refractivity contribution in [2.45, 2.75) is 51.4 Å². The Morgan fingerprint density at radius 3 is 2.21 bits per heavy atom. The summed E-state index contributed by atoms with van der Waals surface area (Å²) >= 11 is 0. The van der Waals surface area contributed by atoms with Crippen LogP contribution in [0.5, 0.6) is 0 Å². The van der Waals surface area contributed by atoms with Gasteiger partial charge < -0.3 is 16.3 Å². The van der Waals surface area contributed by atoms with E-state index >= 15 is 0 Å². The molecule has 2 aromatic carbocycles. The molecule has 3 rings (SSSR count). The number of amides is 1. The minimum Gasteiger partial charge on any atom is -0.356 e. The van der Waals surface area contributed by atoms with Gasteiger partial charge in [0.1, 0.15) is 6.29 Å². The van der Waals surface area contributed by atoms with E-state index in [-0.39, 0.29) is 30.4 Å². The molecule has 0 unspecified atom stereocenters. The number of halogens is 1. The molecule has 1 heterocycles. The van der Waals surface area contributed by atoms with E-state index in [0.717, 1.165) is 23.8 Å². The van der Waals surface area contributed by atoms with E-state index < -0.39 is 5.41 Å². The van der Waals surface area contributed by atoms with Crippen LogP contribution in [0.4, 0.5) is 0 Å². The lowest BCUT2D eigenvalue weighted by atomic mass is 9.65. The Morgan fingerprint density at radius 1 is 1.07 bits per heavy atom. The van der Waals surface area contributed by atoms with E-state index in [1.165, 1.54) is 5.56 Å². The third-order valence-corrected chi connectivity index (χ3v) is 5.18. The molecule has 28 heavy (non-hydrogen) atoms. The molecule has 4 nitrogen and oxygen atoms in total. The van der Waals surface area contributed by atoms with Crippen molar-refractivity contribution in [1.82, 2.24) is 11.5 Å². The van der Waals surface area contributed by atoms with E-state index in [9.17, 15) is 9.59 Å². The Kier molecular flexibility index (Phi) is 11.4. The zero-order valence-corrected chi connectivity index (χ0v) is 17.9. The zero-order valence-electron chi connectivity index (χ0n) is 17.1. The number of aryl methyl sites for hydroxylation is 1. The van der Waals surface area contributed by atoms with Crippen molar-refractivity contribution in [2.24, 2.45) is 0 Å². The van der Waals surface area contributed by atoms with Crippen LogP contribution in [-0.4, -0.2) is 18.7 Å². The molecule has 1 fully saturated rings. The van der Waals surface area contributed by atoms with Crippen molar-refractivity contribution in [3.05, 3.63) is 71.3 Å². The molecule has 1 amide bonds. The van der Waals surface area contributed by atoms with Gasteiger partial charge in [0.25, 0.3) is 0 Å². The predicted octanol–water partition coefficient (Wildman–Crippen LogP) is 4.99. The summed E-state index contributed by atoms with van der Waals surface area (Å²) in [6.45, 7) is 6.64. The van der Waals surface area contributed by atoms with Crippen LogP contribution in [0.15, 0.2) is 54.6 Å². The van der Waals surface area contributed by atoms with Crippen LogP contribution in [0.2, 0.25) is 0 Å². The third-order valence-electron chi connectivity index (χ3n) is 5.18. The molecule has 0 bridgehead atoms. The SMILES string of the molecule is CC.CCc1ccc([C@@]2(C=O)CCNC(=O)C[C@H]2c2ccccc2)cc1.Cl.N. The summed E-state index contributed by atoms with van der Waals surface area (Å²) in [5, 5.41) is 2.93. The van der Waals surface area contributed by atoms with Crippen LogP contribution in [0, 0.1) is 0 Å². The number of aldehydes is 1. The molecule has 0 saturated carbocycles. The molecule has 1 saturated heterocycles. The molecule has 0 aromatic heterocycles. The Balaban J connectivity index is 0.00000177. The molecule has 0 radical (unpaired) electrons. The van der Waals surface area contributed by atoms with Crippen LogP contribution in [0.3, 0.4) is 0 Å². The monoisotopic (exact) mass is 404 g/mol. The Hall–Kier alpha value is -2.17. The van der Waals surface area contributed by atoms with Gasteiger partial charge in [-0.05, 0) is 29.5 Å². The second-order valence-corrected chi connectivity index (χ2v) is 6.48. The Bertz CT molecular complexity index is 719. The van der Waals surface area contributed by atoms with Crippen LogP contribution in [0.25, 0.3) is 0 Å². The summed E-state index contributed by atoms with van der Waals surface area (Å²) < 4.78 is 0. The summed E-state index contributed by atoms with van der Waals surface area (Å²) in [5.41, 5.74) is 2.62. The highest BCUT2D eigenvalue weighted by Crippen LogP contribution is 2.43. The maximum atomic E-state index is 12.3. The summed E-state index contributed by atoms with van der Waals surface area (Å²) in [5.74, 6) is -0.135. The van der Waals surface area contributed by atoms with Gasteiger partial charge >= 0.3 is 0 Å². The average Bonchev–Trinajstić information content (AvgIpc) is 2.89. The zero-order chi connectivity index (χ0) is 19.0. The number of carbonyl (C=O) groups excluding carboxylic acids is 2. The number of benzene rings is 2. The van der Waals surface area contributed by atoms with Gasteiger partial charge in [0.05, 0.1) is 5.41 Å². The first-order chi connectivity index (χ1) is 12.7. The quantitative estimate of drug-likeness (QED) is 0.704. The minimum atomic E-state index is -0.674. The lowest BCUT2D eigenvalue weighted by molar-refractivity contribution is -0.121. The highest BCUT2D eigenvalue weighted by atomic mass is 35.5. The maximum Gasteiger partial charge on any atom is 0.220 e. The number of carbonyl (C=O) groups is 2. The van der Waals surface area contributed by atoms with Gasteiger partial charge in [0, 0.05) is 18.9 Å². The van der Waals surface area contributed by atoms with Gasteiger partial charge in [-0.3, -0.25) is 4.79 Å². The number of hydrogen-bond acceptors (Lipinski definition) is 3. The van der Waals surface area contributed by atoms with Crippen LogP contribution >= 0.6 is 12.4 Å². The van der Waals surface area contributed by atoms with Crippen LogP contribution in [0.1, 0.15) is 56.2 Å². The van der Waals surface area contributed by atoms with Crippen molar-refractivity contribution in [2.75, 3.05) is 6.54 Å². The standard InChI is InChI=1S/C21H23NO2.C2H6.ClH.H3N/c1-2-16-8-10-18(11-9-16)21(15-23)12-13-22-20(24)14-19(21)17-6-4-3-5-7-17;1-2;;/h3-11,15,19H,2,12-14H2,1H3,(H,22,24);1-2H3;1H;1H3/t19-,21-;;;/m0.../s1. The first-order valence-corrected chi connectivity index (χ1v) is 9.57. The first-order valence-electron chi connectivity index (χ1n) is 9.57. The summed E-state index contributed by atoms with van der Waals surface area (Å²) in [7, 11) is 0. The fourth-order valence-corrected chi connectivity index (χ4v) is 3.73. The molecule has 0 aliphatic carbocycles. The lowest BCUT2D eigenvalue weighted by Crippen LogP contribution is -2.36. The van der Waals surface area contributed by atoms with Gasteiger partial charge in [0.15, 0.2) is 0 Å². The molecule has 2 aromatic rings. The van der Waals surface area contributed by atoms with Gasteiger partial charge in [-0.15, -0.1) is 12.4 Å². The van der Waals surface area contributed by atoms with Gasteiger partial charge in [-0.1, -0.05) is 75.4 Å². The van der Waals surface area contributed by atoms with E-state index in [1.54, 1.807) is 0 Å². The number of hydrogen-bond donors (Lipinski definition) is 2. The molecule has 5 heteroatoms. The summed E-state index contributed by atoms with van der Waals surface area (Å²) in [6.07, 6.45) is 2.98. The molecule has 2 atom stereocenters. The van der Waals surface area contributed by atoms with Crippen molar-refractivity contribution in [1.29, 1.82) is 0 Å². The Labute approximate surface area is 175 Å². The van der Waals surface area contributed by atoms with Crippen LogP contribution < -0.4 is 11.5 Å². The highest BCUT2D eigenvalue weighted by molar-refractivity contribution is 5.85. The molecule has 1 aliphatic heterocycles. The number of rotatable bonds is 4. The second-order valence-electron chi connectivity index (χ2n) is 6.48. The van der Waals surface area contributed by atoms with Crippen LogP contribution in [-0.2, 0) is 21.4 Å². The first kappa shape index (κ1) is 25.8. The van der Waals surface area contributed by atoms with Crippen molar-refractivity contribution in [3.8, 4) is 0 Å². The van der Waals surface area contributed by atoms with Crippen molar-refractivity contribution >= 4 is 24.6 Å². The second kappa shape index (κ2) is 12.3. The number of nitrogens with one attached hydrogen (secondary N) is 1. The largest absolute Gasteiger partial charge is 0.356 e. The van der Waals surface area contributed by atoms with E-state index in [4.69, 9.17) is 0 Å². The van der Waals surface area contributed by atoms with Crippen molar-refractivity contribution in [3.63, 3.8) is 0 Å². The Morgan fingerprint density at radius 2 is 1.68 bits per heavy atom. The molecular formula is C23H33ClN2O2. The van der Waals surface area contributed by atoms with E-state index in [2.05, 4.69) is 36.5 Å². The summed E-state index contributed by atoms with van der Waals surface area (Å²) in [4.78, 5) is 24.5. The maximum absolute atomic E-state index is 12.3. The third kappa shape index (κ3) is 5.43. The highest BCUT2D eigenvalue weighted by Gasteiger charge is 2.43. The van der Waals surface area contributed by atoms with E-state index in [0.29, 0.717) is 19.4 Å².